The van der Waals surface area contributed by atoms with Crippen LogP contribution in [0.3, 0.4) is 0 Å². The molecule has 0 saturated heterocycles. The van der Waals surface area contributed by atoms with Gasteiger partial charge in [-0.15, -0.1) is 11.3 Å². The third-order valence-corrected chi connectivity index (χ3v) is 5.15. The highest BCUT2D eigenvalue weighted by molar-refractivity contribution is 7.10. The van der Waals surface area contributed by atoms with Crippen LogP contribution in [0, 0.1) is 0 Å². The predicted molar refractivity (Wildman–Crippen MR) is 90.0 cm³/mol. The van der Waals surface area contributed by atoms with Crippen LogP contribution in [0.15, 0.2) is 60.2 Å². The smallest absolute Gasteiger partial charge is 0.228 e. The molecular weight excluding hydrogens is 306 g/mol. The molecular formula is C18H17N3OS. The second kappa shape index (κ2) is 6.01. The number of carbonyl (C=O) groups is 1. The number of nitrogens with zero attached hydrogens (tertiary/aromatic N) is 3. The van der Waals surface area contributed by atoms with Crippen LogP contribution in [-0.2, 0) is 24.3 Å². The molecule has 1 aliphatic heterocycles. The van der Waals surface area contributed by atoms with Gasteiger partial charge in [0.1, 0.15) is 5.82 Å². The minimum atomic E-state index is 0.0605. The quantitative estimate of drug-likeness (QED) is 0.742. The molecule has 23 heavy (non-hydrogen) atoms. The molecule has 1 atom stereocenters. The van der Waals surface area contributed by atoms with E-state index in [2.05, 4.69) is 21.7 Å². The van der Waals surface area contributed by atoms with Crippen LogP contribution in [0.4, 0.5) is 0 Å². The summed E-state index contributed by atoms with van der Waals surface area (Å²) in [6.07, 6.45) is 4.26. The van der Waals surface area contributed by atoms with E-state index < -0.39 is 0 Å². The van der Waals surface area contributed by atoms with Gasteiger partial charge in [0.2, 0.25) is 5.91 Å². The van der Waals surface area contributed by atoms with Gasteiger partial charge in [-0.2, -0.15) is 0 Å². The molecule has 0 fully saturated rings. The van der Waals surface area contributed by atoms with E-state index in [1.54, 1.807) is 11.3 Å². The van der Waals surface area contributed by atoms with Gasteiger partial charge in [-0.25, -0.2) is 4.98 Å². The van der Waals surface area contributed by atoms with E-state index in [0.29, 0.717) is 13.0 Å². The number of amides is 1. The van der Waals surface area contributed by atoms with Crippen LogP contribution >= 0.6 is 11.3 Å². The van der Waals surface area contributed by atoms with Crippen LogP contribution in [-0.4, -0.2) is 20.4 Å². The van der Waals surface area contributed by atoms with Crippen LogP contribution in [0.1, 0.15) is 22.3 Å². The van der Waals surface area contributed by atoms with E-state index in [-0.39, 0.29) is 11.9 Å². The molecule has 0 spiro atoms. The molecule has 0 unspecified atom stereocenters. The zero-order valence-electron chi connectivity index (χ0n) is 12.6. The van der Waals surface area contributed by atoms with E-state index in [1.807, 2.05) is 53.0 Å². The second-order valence-corrected chi connectivity index (χ2v) is 6.73. The van der Waals surface area contributed by atoms with Gasteiger partial charge in [-0.05, 0) is 17.0 Å². The minimum absolute atomic E-state index is 0.0605. The lowest BCUT2D eigenvalue weighted by atomic mass is 10.0. The van der Waals surface area contributed by atoms with Crippen molar-refractivity contribution in [1.82, 2.24) is 14.5 Å². The number of fused-ring (bicyclic) bond motifs is 1. The number of aromatic nitrogens is 2. The number of hydrogen-bond donors (Lipinski definition) is 0. The highest BCUT2D eigenvalue weighted by Crippen LogP contribution is 2.30. The summed E-state index contributed by atoms with van der Waals surface area (Å²) in [5.74, 6) is 1.12. The van der Waals surface area contributed by atoms with Crippen molar-refractivity contribution < 1.29 is 4.79 Å². The molecule has 3 heterocycles. The molecule has 0 radical (unpaired) electrons. The Morgan fingerprint density at radius 2 is 2.09 bits per heavy atom. The molecule has 116 valence electrons. The van der Waals surface area contributed by atoms with Crippen LogP contribution in [0.2, 0.25) is 0 Å². The van der Waals surface area contributed by atoms with Crippen molar-refractivity contribution in [3.8, 4) is 0 Å². The monoisotopic (exact) mass is 323 g/mol. The van der Waals surface area contributed by atoms with Gasteiger partial charge in [0.15, 0.2) is 0 Å². The Hall–Kier alpha value is -2.40. The van der Waals surface area contributed by atoms with Crippen molar-refractivity contribution in [3.63, 3.8) is 0 Å². The minimum Gasteiger partial charge on any atom is -0.331 e. The highest BCUT2D eigenvalue weighted by atomic mass is 32.1. The molecule has 0 N–H and O–H groups in total. The average Bonchev–Trinajstić information content (AvgIpc) is 3.25. The maximum absolute atomic E-state index is 12.9. The molecule has 2 aromatic heterocycles. The topological polar surface area (TPSA) is 38.1 Å². The van der Waals surface area contributed by atoms with Gasteiger partial charge >= 0.3 is 0 Å². The second-order valence-electron chi connectivity index (χ2n) is 5.70. The summed E-state index contributed by atoms with van der Waals surface area (Å²) in [6, 6.07) is 14.3. The van der Waals surface area contributed by atoms with Crippen molar-refractivity contribution in [2.45, 2.75) is 25.6 Å². The fraction of sp³-hybridized carbons (Fsp3) is 0.222. The molecule has 3 aromatic rings. The number of rotatable bonds is 3. The molecule has 1 amide bonds. The van der Waals surface area contributed by atoms with Gasteiger partial charge in [0.25, 0.3) is 0 Å². The molecule has 4 nitrogen and oxygen atoms in total. The van der Waals surface area contributed by atoms with Crippen molar-refractivity contribution in [1.29, 1.82) is 0 Å². The predicted octanol–water partition coefficient (Wildman–Crippen LogP) is 3.27. The Bertz CT molecular complexity index is 795. The molecule has 1 aromatic carbocycles. The van der Waals surface area contributed by atoms with Crippen molar-refractivity contribution in [2.24, 2.45) is 0 Å². The summed E-state index contributed by atoms with van der Waals surface area (Å²) in [5.41, 5.74) is 1.17. The number of thiophene rings is 1. The summed E-state index contributed by atoms with van der Waals surface area (Å²) < 4.78 is 2.15. The van der Waals surface area contributed by atoms with Crippen LogP contribution < -0.4 is 0 Å². The zero-order chi connectivity index (χ0) is 15.6. The summed E-state index contributed by atoms with van der Waals surface area (Å²) in [6.45, 7) is 1.33. The summed E-state index contributed by atoms with van der Waals surface area (Å²) in [7, 11) is 0. The van der Waals surface area contributed by atoms with Gasteiger partial charge in [0, 0.05) is 23.8 Å². The Labute approximate surface area is 139 Å². The van der Waals surface area contributed by atoms with Crippen LogP contribution in [0.5, 0.6) is 0 Å². The lowest BCUT2D eigenvalue weighted by Crippen LogP contribution is -2.41. The maximum atomic E-state index is 12.9. The van der Waals surface area contributed by atoms with Crippen molar-refractivity contribution >= 4 is 17.2 Å². The number of benzene rings is 1. The first kappa shape index (κ1) is 14.2. The van der Waals surface area contributed by atoms with E-state index in [4.69, 9.17) is 0 Å². The average molecular weight is 323 g/mol. The zero-order valence-corrected chi connectivity index (χ0v) is 13.4. The summed E-state index contributed by atoms with van der Waals surface area (Å²) in [5, 5.41) is 2.01. The molecule has 1 aliphatic rings. The first-order chi connectivity index (χ1) is 11.3. The van der Waals surface area contributed by atoms with E-state index >= 15 is 0 Å². The summed E-state index contributed by atoms with van der Waals surface area (Å²) in [4.78, 5) is 20.3. The summed E-state index contributed by atoms with van der Waals surface area (Å²) >= 11 is 1.63. The number of hydrogen-bond acceptors (Lipinski definition) is 3. The maximum Gasteiger partial charge on any atom is 0.228 e. The van der Waals surface area contributed by atoms with Crippen LogP contribution in [0.25, 0.3) is 0 Å². The lowest BCUT2D eigenvalue weighted by molar-refractivity contribution is -0.135. The third-order valence-electron chi connectivity index (χ3n) is 4.27. The number of imidazole rings is 1. The van der Waals surface area contributed by atoms with E-state index in [9.17, 15) is 4.79 Å². The Balaban J connectivity index is 1.65. The molecule has 0 bridgehead atoms. The lowest BCUT2D eigenvalue weighted by Gasteiger charge is -2.36. The highest BCUT2D eigenvalue weighted by Gasteiger charge is 2.31. The Kier molecular flexibility index (Phi) is 3.71. The van der Waals surface area contributed by atoms with Crippen molar-refractivity contribution in [3.05, 3.63) is 76.5 Å². The molecule has 4 rings (SSSR count). The molecule has 0 aliphatic carbocycles. The largest absolute Gasteiger partial charge is 0.331 e. The number of carbonyl (C=O) groups excluding carboxylic acids is 1. The first-order valence-electron chi connectivity index (χ1n) is 7.68. The van der Waals surface area contributed by atoms with Gasteiger partial charge < -0.3 is 9.47 Å². The van der Waals surface area contributed by atoms with Crippen molar-refractivity contribution in [2.75, 3.05) is 0 Å². The first-order valence-corrected chi connectivity index (χ1v) is 8.56. The Morgan fingerprint density at radius 3 is 2.87 bits per heavy atom. The molecule has 5 heteroatoms. The Morgan fingerprint density at radius 1 is 1.22 bits per heavy atom. The van der Waals surface area contributed by atoms with Gasteiger partial charge in [-0.3, -0.25) is 4.79 Å². The normalized spacial score (nSPS) is 17.0. The SMILES string of the molecule is O=C(Cc1cccs1)N1Cc2nccn2C[C@@H]1c1ccccc1. The van der Waals surface area contributed by atoms with Gasteiger partial charge in [0.05, 0.1) is 19.0 Å². The molecule has 0 saturated carbocycles. The fourth-order valence-electron chi connectivity index (χ4n) is 3.09. The van der Waals surface area contributed by atoms with E-state index in [0.717, 1.165) is 17.2 Å². The van der Waals surface area contributed by atoms with E-state index in [1.165, 1.54) is 5.56 Å². The fourth-order valence-corrected chi connectivity index (χ4v) is 3.79. The van der Waals surface area contributed by atoms with Gasteiger partial charge in [-0.1, -0.05) is 36.4 Å². The third kappa shape index (κ3) is 2.80. The standard InChI is InChI=1S/C18H17N3OS/c22-18(11-15-7-4-10-23-15)21-13-17-19-8-9-20(17)12-16(21)14-5-2-1-3-6-14/h1-10,16H,11-13H2/t16-/m1/s1.